The predicted molar refractivity (Wildman–Crippen MR) is 73.7 cm³/mol. The van der Waals surface area contributed by atoms with E-state index in [4.69, 9.17) is 0 Å². The summed E-state index contributed by atoms with van der Waals surface area (Å²) < 4.78 is 13.3. The van der Waals surface area contributed by atoms with E-state index in [1.165, 1.54) is 12.1 Å². The van der Waals surface area contributed by atoms with Crippen molar-refractivity contribution in [1.29, 1.82) is 0 Å². The molecule has 0 fully saturated rings. The number of amides is 2. The van der Waals surface area contributed by atoms with Gasteiger partial charge >= 0.3 is 6.03 Å². The fourth-order valence-electron chi connectivity index (χ4n) is 1.90. The number of benzene rings is 1. The minimum atomic E-state index is -0.667. The Bertz CT molecular complexity index is 451. The molecule has 106 valence electrons. The SMILES string of the molecule is CCCC(C)(CO)NC(=O)Nc1cccc(F)c1C. The summed E-state index contributed by atoms with van der Waals surface area (Å²) in [7, 11) is 0. The fraction of sp³-hybridized carbons (Fsp3) is 0.500. The maximum absolute atomic E-state index is 13.3. The normalized spacial score (nSPS) is 13.7. The van der Waals surface area contributed by atoms with Crippen LogP contribution in [0.3, 0.4) is 0 Å². The summed E-state index contributed by atoms with van der Waals surface area (Å²) in [6, 6.07) is 4.06. The molecule has 5 heteroatoms. The second-order valence-electron chi connectivity index (χ2n) is 4.96. The zero-order valence-corrected chi connectivity index (χ0v) is 11.6. The number of carbonyl (C=O) groups is 1. The molecule has 1 rings (SSSR count). The minimum Gasteiger partial charge on any atom is -0.394 e. The number of anilines is 1. The average molecular weight is 268 g/mol. The lowest BCUT2D eigenvalue weighted by Crippen LogP contribution is -2.50. The highest BCUT2D eigenvalue weighted by molar-refractivity contribution is 5.90. The van der Waals surface area contributed by atoms with E-state index in [1.807, 2.05) is 6.92 Å². The van der Waals surface area contributed by atoms with Gasteiger partial charge in [-0.3, -0.25) is 0 Å². The van der Waals surface area contributed by atoms with Gasteiger partial charge in [-0.2, -0.15) is 0 Å². The summed E-state index contributed by atoms with van der Waals surface area (Å²) in [5, 5.41) is 14.6. The number of halogens is 1. The van der Waals surface area contributed by atoms with Gasteiger partial charge in [0.2, 0.25) is 0 Å². The van der Waals surface area contributed by atoms with Crippen molar-refractivity contribution in [3.63, 3.8) is 0 Å². The molecule has 0 aliphatic heterocycles. The van der Waals surface area contributed by atoms with E-state index < -0.39 is 11.6 Å². The zero-order chi connectivity index (χ0) is 14.5. The van der Waals surface area contributed by atoms with Gasteiger partial charge in [0.25, 0.3) is 0 Å². The quantitative estimate of drug-likeness (QED) is 0.769. The standard InChI is InChI=1S/C14H21FN2O2/c1-4-8-14(3,9-18)17-13(19)16-12-7-5-6-11(15)10(12)2/h5-7,18H,4,8-9H2,1-3H3,(H2,16,17,19). The lowest BCUT2D eigenvalue weighted by molar-refractivity contribution is 0.167. The molecule has 0 spiro atoms. The molecule has 0 aliphatic rings. The zero-order valence-electron chi connectivity index (χ0n) is 11.6. The molecular weight excluding hydrogens is 247 g/mol. The third kappa shape index (κ3) is 4.21. The van der Waals surface area contributed by atoms with Crippen LogP contribution in [0.1, 0.15) is 32.3 Å². The maximum Gasteiger partial charge on any atom is 0.319 e. The summed E-state index contributed by atoms with van der Waals surface area (Å²) in [4.78, 5) is 11.9. The number of urea groups is 1. The van der Waals surface area contributed by atoms with Gasteiger partial charge in [0.1, 0.15) is 5.82 Å². The number of aliphatic hydroxyl groups excluding tert-OH is 1. The Balaban J connectivity index is 2.72. The van der Waals surface area contributed by atoms with E-state index in [1.54, 1.807) is 19.9 Å². The molecular formula is C14H21FN2O2. The van der Waals surface area contributed by atoms with Crippen LogP contribution in [0.5, 0.6) is 0 Å². The number of nitrogens with one attached hydrogen (secondary N) is 2. The van der Waals surface area contributed by atoms with Crippen LogP contribution in [0.25, 0.3) is 0 Å². The van der Waals surface area contributed by atoms with Crippen molar-refractivity contribution in [3.05, 3.63) is 29.6 Å². The second kappa shape index (κ2) is 6.52. The Hall–Kier alpha value is -1.62. The molecule has 0 radical (unpaired) electrons. The lowest BCUT2D eigenvalue weighted by Gasteiger charge is -2.28. The van der Waals surface area contributed by atoms with E-state index >= 15 is 0 Å². The summed E-state index contributed by atoms with van der Waals surface area (Å²) in [6.07, 6.45) is 1.51. The number of aliphatic hydroxyl groups is 1. The highest BCUT2D eigenvalue weighted by atomic mass is 19.1. The molecule has 0 heterocycles. The summed E-state index contributed by atoms with van der Waals surface area (Å²) in [5.41, 5.74) is 0.146. The van der Waals surface area contributed by atoms with Gasteiger partial charge in [-0.15, -0.1) is 0 Å². The summed E-state index contributed by atoms with van der Waals surface area (Å²) >= 11 is 0. The van der Waals surface area contributed by atoms with Crippen molar-refractivity contribution in [2.75, 3.05) is 11.9 Å². The molecule has 2 amide bonds. The molecule has 0 bridgehead atoms. The molecule has 1 aromatic rings. The highest BCUT2D eigenvalue weighted by Gasteiger charge is 2.24. The van der Waals surface area contributed by atoms with Crippen LogP contribution in [0.4, 0.5) is 14.9 Å². The first-order chi connectivity index (χ1) is 8.91. The summed E-state index contributed by atoms with van der Waals surface area (Å²) in [5.74, 6) is -0.365. The van der Waals surface area contributed by atoms with Crippen LogP contribution in [0, 0.1) is 12.7 Å². The molecule has 1 unspecified atom stereocenters. The molecule has 0 saturated carbocycles. The largest absolute Gasteiger partial charge is 0.394 e. The van der Waals surface area contributed by atoms with Crippen molar-refractivity contribution < 1.29 is 14.3 Å². The van der Waals surface area contributed by atoms with Gasteiger partial charge in [0.05, 0.1) is 12.1 Å². The van der Waals surface area contributed by atoms with Gasteiger partial charge < -0.3 is 15.7 Å². The van der Waals surface area contributed by atoms with Crippen LogP contribution in [0.2, 0.25) is 0 Å². The number of hydrogen-bond acceptors (Lipinski definition) is 2. The molecule has 0 aromatic heterocycles. The van der Waals surface area contributed by atoms with Gasteiger partial charge in [-0.05, 0) is 32.4 Å². The summed E-state index contributed by atoms with van der Waals surface area (Å²) in [6.45, 7) is 5.21. The third-order valence-electron chi connectivity index (χ3n) is 3.08. The Labute approximate surface area is 113 Å². The van der Waals surface area contributed by atoms with Gasteiger partial charge in [-0.1, -0.05) is 19.4 Å². The predicted octanol–water partition coefficient (Wildman–Crippen LogP) is 2.81. The Morgan fingerprint density at radius 1 is 1.47 bits per heavy atom. The molecule has 19 heavy (non-hydrogen) atoms. The first-order valence-corrected chi connectivity index (χ1v) is 6.37. The van der Waals surface area contributed by atoms with Gasteiger partial charge in [0.15, 0.2) is 0 Å². The van der Waals surface area contributed by atoms with E-state index in [-0.39, 0.29) is 12.4 Å². The van der Waals surface area contributed by atoms with Crippen LogP contribution < -0.4 is 10.6 Å². The van der Waals surface area contributed by atoms with Crippen LogP contribution in [-0.2, 0) is 0 Å². The molecule has 3 N–H and O–H groups in total. The maximum atomic E-state index is 13.3. The van der Waals surface area contributed by atoms with Crippen LogP contribution in [0.15, 0.2) is 18.2 Å². The third-order valence-corrected chi connectivity index (χ3v) is 3.08. The van der Waals surface area contributed by atoms with Crippen molar-refractivity contribution in [1.82, 2.24) is 5.32 Å². The highest BCUT2D eigenvalue weighted by Crippen LogP contribution is 2.18. The Morgan fingerprint density at radius 3 is 2.74 bits per heavy atom. The number of carbonyl (C=O) groups excluding carboxylic acids is 1. The fourth-order valence-corrected chi connectivity index (χ4v) is 1.90. The topological polar surface area (TPSA) is 61.4 Å². The molecule has 1 aromatic carbocycles. The van der Waals surface area contributed by atoms with Crippen molar-refractivity contribution in [2.45, 2.75) is 39.2 Å². The van der Waals surface area contributed by atoms with Crippen LogP contribution in [-0.4, -0.2) is 23.3 Å². The number of hydrogen-bond donors (Lipinski definition) is 3. The molecule has 4 nitrogen and oxygen atoms in total. The second-order valence-corrected chi connectivity index (χ2v) is 4.96. The van der Waals surface area contributed by atoms with Crippen molar-refractivity contribution in [2.24, 2.45) is 0 Å². The Morgan fingerprint density at radius 2 is 2.16 bits per heavy atom. The lowest BCUT2D eigenvalue weighted by atomic mass is 9.98. The smallest absolute Gasteiger partial charge is 0.319 e. The first kappa shape index (κ1) is 15.4. The molecule has 1 atom stereocenters. The monoisotopic (exact) mass is 268 g/mol. The van der Waals surface area contributed by atoms with Crippen LogP contribution >= 0.6 is 0 Å². The van der Waals surface area contributed by atoms with E-state index in [9.17, 15) is 14.3 Å². The number of rotatable bonds is 5. The van der Waals surface area contributed by atoms with E-state index in [0.29, 0.717) is 17.7 Å². The first-order valence-electron chi connectivity index (χ1n) is 6.37. The van der Waals surface area contributed by atoms with E-state index in [2.05, 4.69) is 10.6 Å². The minimum absolute atomic E-state index is 0.142. The van der Waals surface area contributed by atoms with E-state index in [0.717, 1.165) is 6.42 Å². The van der Waals surface area contributed by atoms with Gasteiger partial charge in [0, 0.05) is 11.3 Å². The molecule has 0 saturated heterocycles. The molecule has 0 aliphatic carbocycles. The van der Waals surface area contributed by atoms with Crippen molar-refractivity contribution in [3.8, 4) is 0 Å². The van der Waals surface area contributed by atoms with Gasteiger partial charge in [-0.25, -0.2) is 9.18 Å². The van der Waals surface area contributed by atoms with Crippen molar-refractivity contribution >= 4 is 11.7 Å². The Kier molecular flexibility index (Phi) is 5.30. The average Bonchev–Trinajstić information content (AvgIpc) is 2.35.